The normalized spacial score (nSPS) is 12.8. The zero-order valence-corrected chi connectivity index (χ0v) is 11.7. The van der Waals surface area contributed by atoms with Crippen LogP contribution in [0.3, 0.4) is 0 Å². The van der Waals surface area contributed by atoms with Crippen molar-refractivity contribution in [2.24, 2.45) is 0 Å². The maximum Gasteiger partial charge on any atom is 0.273 e. The van der Waals surface area contributed by atoms with Crippen molar-refractivity contribution in [3.8, 4) is 0 Å². The maximum absolute atomic E-state index is 10.9. The highest BCUT2D eigenvalue weighted by molar-refractivity contribution is 7.99. The van der Waals surface area contributed by atoms with Gasteiger partial charge in [-0.15, -0.1) is 0 Å². The molecule has 102 valence electrons. The summed E-state index contributed by atoms with van der Waals surface area (Å²) in [6.45, 7) is 3.75. The second-order valence-corrected chi connectivity index (χ2v) is 5.70. The molecule has 0 bridgehead atoms. The minimum atomic E-state index is -0.572. The largest absolute Gasteiger partial charge is 0.386 e. The summed E-state index contributed by atoms with van der Waals surface area (Å²) in [5, 5.41) is 21.7. The number of aryl methyl sites for hydroxylation is 1. The van der Waals surface area contributed by atoms with Crippen LogP contribution in [-0.2, 0) is 0 Å². The number of nitrogens with one attached hydrogen (secondary N) is 1. The monoisotopic (exact) mass is 280 g/mol. The number of benzene rings is 1. The molecule has 1 aromatic carbocycles. The van der Waals surface area contributed by atoms with Gasteiger partial charge in [0.25, 0.3) is 5.69 Å². The van der Waals surface area contributed by atoms with Gasteiger partial charge in [-0.1, -0.05) is 6.92 Å². The van der Waals surface area contributed by atoms with Crippen molar-refractivity contribution in [2.75, 3.05) is 11.5 Å². The van der Waals surface area contributed by atoms with Crippen molar-refractivity contribution in [2.45, 2.75) is 20.0 Å². The number of fused-ring (bicyclic) bond motifs is 1. The number of hydrogen-bond acceptors (Lipinski definition) is 4. The fourth-order valence-corrected chi connectivity index (χ4v) is 2.63. The number of H-pyrrole nitrogens is 1. The number of nitro benzene ring substituents is 1. The molecular weight excluding hydrogens is 264 g/mol. The molecule has 1 heterocycles. The van der Waals surface area contributed by atoms with E-state index < -0.39 is 6.10 Å². The molecule has 6 heteroatoms. The van der Waals surface area contributed by atoms with Crippen molar-refractivity contribution in [1.82, 2.24) is 4.98 Å². The Morgan fingerprint density at radius 2 is 2.21 bits per heavy atom. The second-order valence-electron chi connectivity index (χ2n) is 4.38. The summed E-state index contributed by atoms with van der Waals surface area (Å²) in [5.74, 6) is 1.56. The summed E-state index contributed by atoms with van der Waals surface area (Å²) in [5.41, 5.74) is 2.24. The van der Waals surface area contributed by atoms with Crippen LogP contribution in [0.2, 0.25) is 0 Å². The van der Waals surface area contributed by atoms with E-state index in [1.54, 1.807) is 36.9 Å². The number of hydrogen-bond donors (Lipinski definition) is 2. The Morgan fingerprint density at radius 3 is 2.84 bits per heavy atom. The van der Waals surface area contributed by atoms with Crippen LogP contribution in [0.4, 0.5) is 5.69 Å². The highest BCUT2D eigenvalue weighted by Crippen LogP contribution is 2.28. The number of nitrogens with zero attached hydrogens (tertiary/aromatic N) is 1. The van der Waals surface area contributed by atoms with Crippen molar-refractivity contribution in [1.29, 1.82) is 0 Å². The highest BCUT2D eigenvalue weighted by atomic mass is 32.2. The van der Waals surface area contributed by atoms with E-state index >= 15 is 0 Å². The summed E-state index contributed by atoms with van der Waals surface area (Å²) < 4.78 is 0. The topological polar surface area (TPSA) is 79.2 Å². The van der Waals surface area contributed by atoms with Crippen molar-refractivity contribution >= 4 is 28.4 Å². The van der Waals surface area contributed by atoms with Crippen LogP contribution in [0.1, 0.15) is 24.3 Å². The fraction of sp³-hybridized carbons (Fsp3) is 0.385. The van der Waals surface area contributed by atoms with Crippen molar-refractivity contribution in [3.63, 3.8) is 0 Å². The molecule has 0 saturated carbocycles. The molecule has 0 aliphatic heterocycles. The smallest absolute Gasteiger partial charge is 0.273 e. The molecule has 0 fully saturated rings. The molecule has 1 aromatic heterocycles. The lowest BCUT2D eigenvalue weighted by Crippen LogP contribution is -2.00. The molecule has 1 unspecified atom stereocenters. The maximum atomic E-state index is 10.9. The Morgan fingerprint density at radius 1 is 1.47 bits per heavy atom. The third-order valence-corrected chi connectivity index (χ3v) is 3.95. The SMILES string of the molecule is CCSCC(O)c1cc2cc([N+](=O)[O-])c(C)cc2[nH]1. The first-order chi connectivity index (χ1) is 9.02. The molecule has 19 heavy (non-hydrogen) atoms. The number of aliphatic hydroxyl groups is 1. The van der Waals surface area contributed by atoms with Crippen LogP contribution >= 0.6 is 11.8 Å². The summed E-state index contributed by atoms with van der Waals surface area (Å²) in [6, 6.07) is 5.07. The highest BCUT2D eigenvalue weighted by Gasteiger charge is 2.15. The van der Waals surface area contributed by atoms with Crippen LogP contribution in [0.25, 0.3) is 10.9 Å². The van der Waals surface area contributed by atoms with E-state index in [4.69, 9.17) is 0 Å². The van der Waals surface area contributed by atoms with E-state index in [0.29, 0.717) is 17.0 Å². The Balaban J connectivity index is 2.37. The van der Waals surface area contributed by atoms with Crippen LogP contribution < -0.4 is 0 Å². The molecule has 2 aromatic rings. The Kier molecular flexibility index (Phi) is 4.11. The lowest BCUT2D eigenvalue weighted by atomic mass is 10.1. The lowest BCUT2D eigenvalue weighted by Gasteiger charge is -2.06. The Bertz CT molecular complexity index is 609. The predicted molar refractivity (Wildman–Crippen MR) is 77.6 cm³/mol. The van der Waals surface area contributed by atoms with Gasteiger partial charge in [0.15, 0.2) is 0 Å². The minimum absolute atomic E-state index is 0.107. The first kappa shape index (κ1) is 13.9. The van der Waals surface area contributed by atoms with Crippen molar-refractivity contribution < 1.29 is 10.0 Å². The average molecular weight is 280 g/mol. The Labute approximate surface area is 115 Å². The van der Waals surface area contributed by atoms with E-state index in [1.165, 1.54) is 0 Å². The number of aromatic nitrogens is 1. The first-order valence-electron chi connectivity index (χ1n) is 6.06. The number of aliphatic hydroxyl groups excluding tert-OH is 1. The number of nitro groups is 1. The number of aromatic amines is 1. The van der Waals surface area contributed by atoms with Crippen LogP contribution in [-0.4, -0.2) is 26.5 Å². The number of rotatable bonds is 5. The van der Waals surface area contributed by atoms with Gasteiger partial charge in [0.05, 0.1) is 4.92 Å². The van der Waals surface area contributed by atoms with Gasteiger partial charge in [0, 0.05) is 34.0 Å². The zero-order valence-electron chi connectivity index (χ0n) is 10.8. The number of thioether (sulfide) groups is 1. The van der Waals surface area contributed by atoms with Crippen LogP contribution in [0.15, 0.2) is 18.2 Å². The summed E-state index contributed by atoms with van der Waals surface area (Å²) in [6.07, 6.45) is -0.572. The van der Waals surface area contributed by atoms with Crippen molar-refractivity contribution in [3.05, 3.63) is 39.6 Å². The zero-order chi connectivity index (χ0) is 14.0. The molecule has 0 saturated heterocycles. The quantitative estimate of drug-likeness (QED) is 0.651. The van der Waals surface area contributed by atoms with Gasteiger partial charge in [-0.25, -0.2) is 0 Å². The molecule has 0 radical (unpaired) electrons. The predicted octanol–water partition coefficient (Wildman–Crippen LogP) is 3.17. The van der Waals surface area contributed by atoms with Gasteiger partial charge in [0.1, 0.15) is 6.10 Å². The molecule has 0 amide bonds. The van der Waals surface area contributed by atoms with Crippen LogP contribution in [0.5, 0.6) is 0 Å². The molecule has 2 N–H and O–H groups in total. The van der Waals surface area contributed by atoms with E-state index in [1.807, 2.05) is 6.92 Å². The molecule has 2 rings (SSSR count). The van der Waals surface area contributed by atoms with E-state index in [0.717, 1.165) is 16.7 Å². The first-order valence-corrected chi connectivity index (χ1v) is 7.22. The molecule has 0 aliphatic rings. The lowest BCUT2D eigenvalue weighted by molar-refractivity contribution is -0.385. The third-order valence-electron chi connectivity index (χ3n) is 2.99. The Hall–Kier alpha value is -1.53. The molecule has 0 spiro atoms. The fourth-order valence-electron chi connectivity index (χ4n) is 1.99. The van der Waals surface area contributed by atoms with E-state index in [9.17, 15) is 15.2 Å². The van der Waals surface area contributed by atoms with Gasteiger partial charge < -0.3 is 10.1 Å². The summed E-state index contributed by atoms with van der Waals surface area (Å²) in [4.78, 5) is 13.6. The van der Waals surface area contributed by atoms with Gasteiger partial charge in [-0.05, 0) is 24.8 Å². The molecule has 1 atom stereocenters. The summed E-state index contributed by atoms with van der Waals surface area (Å²) >= 11 is 1.65. The summed E-state index contributed by atoms with van der Waals surface area (Å²) in [7, 11) is 0. The van der Waals surface area contributed by atoms with Gasteiger partial charge >= 0.3 is 0 Å². The van der Waals surface area contributed by atoms with Gasteiger partial charge in [-0.2, -0.15) is 11.8 Å². The minimum Gasteiger partial charge on any atom is -0.386 e. The molecule has 5 nitrogen and oxygen atoms in total. The van der Waals surface area contributed by atoms with Crippen LogP contribution in [0, 0.1) is 17.0 Å². The second kappa shape index (κ2) is 5.63. The molecular formula is C13H16N2O3S. The van der Waals surface area contributed by atoms with E-state index in [-0.39, 0.29) is 10.6 Å². The van der Waals surface area contributed by atoms with Gasteiger partial charge in [-0.3, -0.25) is 10.1 Å². The average Bonchev–Trinajstić information content (AvgIpc) is 2.77. The van der Waals surface area contributed by atoms with E-state index in [2.05, 4.69) is 4.98 Å². The standard InChI is InChI=1S/C13H16N2O3S/c1-3-19-7-13(16)11-5-9-6-12(15(17)18)8(2)4-10(9)14-11/h4-6,13-14,16H,3,7H2,1-2H3. The third kappa shape index (κ3) is 2.90. The van der Waals surface area contributed by atoms with Gasteiger partial charge in [0.2, 0.25) is 0 Å². The molecule has 0 aliphatic carbocycles.